The maximum atomic E-state index is 12.3. The van der Waals surface area contributed by atoms with Crippen LogP contribution in [-0.2, 0) is 19.6 Å². The van der Waals surface area contributed by atoms with Crippen LogP contribution in [0, 0.1) is 0 Å². The predicted octanol–water partition coefficient (Wildman–Crippen LogP) is -0.347. The third kappa shape index (κ3) is 4.48. The molecule has 0 fully saturated rings. The van der Waals surface area contributed by atoms with Crippen molar-refractivity contribution in [2.45, 2.75) is 4.21 Å². The lowest BCUT2D eigenvalue weighted by Crippen LogP contribution is -2.41. The third-order valence-corrected chi connectivity index (χ3v) is 7.25. The molecule has 3 rings (SSSR count). The SMILES string of the molecule is CN(CC(=O)NCC(=O)Nc1cccc2c(=O)[nH][nH]c(=O)c12)S(=O)(=O)c1cccs1. The second kappa shape index (κ2) is 8.61. The Kier molecular flexibility index (Phi) is 6.14. The highest BCUT2D eigenvalue weighted by atomic mass is 32.2. The number of aromatic nitrogens is 2. The average molecular weight is 451 g/mol. The van der Waals surface area contributed by atoms with Gasteiger partial charge in [-0.1, -0.05) is 12.1 Å². The molecule has 13 heteroatoms. The summed E-state index contributed by atoms with van der Waals surface area (Å²) in [6.07, 6.45) is 0. The van der Waals surface area contributed by atoms with Gasteiger partial charge in [0, 0.05) is 7.05 Å². The third-order valence-electron chi connectivity index (χ3n) is 4.07. The molecule has 4 N–H and O–H groups in total. The van der Waals surface area contributed by atoms with Crippen LogP contribution in [-0.4, -0.2) is 54.9 Å². The molecule has 2 aromatic heterocycles. The van der Waals surface area contributed by atoms with E-state index in [0.29, 0.717) is 0 Å². The number of hydrogen-bond acceptors (Lipinski definition) is 7. The van der Waals surface area contributed by atoms with Crippen LogP contribution in [0.3, 0.4) is 0 Å². The van der Waals surface area contributed by atoms with Crippen molar-refractivity contribution in [1.82, 2.24) is 19.8 Å². The first-order valence-corrected chi connectivity index (χ1v) is 10.8. The predicted molar refractivity (Wildman–Crippen MR) is 111 cm³/mol. The zero-order chi connectivity index (χ0) is 21.9. The van der Waals surface area contributed by atoms with Gasteiger partial charge in [0.1, 0.15) is 4.21 Å². The summed E-state index contributed by atoms with van der Waals surface area (Å²) in [5, 5.41) is 10.9. The number of anilines is 1. The van der Waals surface area contributed by atoms with Crippen molar-refractivity contribution in [2.75, 3.05) is 25.5 Å². The molecular weight excluding hydrogens is 434 g/mol. The Balaban J connectivity index is 1.62. The van der Waals surface area contributed by atoms with Gasteiger partial charge in [-0.3, -0.25) is 29.4 Å². The first-order valence-electron chi connectivity index (χ1n) is 8.50. The molecule has 0 radical (unpaired) electrons. The van der Waals surface area contributed by atoms with Crippen LogP contribution in [0.5, 0.6) is 0 Å². The van der Waals surface area contributed by atoms with Crippen molar-refractivity contribution in [3.8, 4) is 0 Å². The van der Waals surface area contributed by atoms with Gasteiger partial charge in [0.15, 0.2) is 0 Å². The number of sulfonamides is 1. The van der Waals surface area contributed by atoms with Crippen molar-refractivity contribution in [2.24, 2.45) is 0 Å². The largest absolute Gasteiger partial charge is 0.346 e. The summed E-state index contributed by atoms with van der Waals surface area (Å²) in [5.41, 5.74) is -1.01. The average Bonchev–Trinajstić information content (AvgIpc) is 3.25. The molecule has 1 aromatic carbocycles. The zero-order valence-electron chi connectivity index (χ0n) is 15.6. The Morgan fingerprint density at radius 2 is 1.80 bits per heavy atom. The van der Waals surface area contributed by atoms with Gasteiger partial charge in [-0.2, -0.15) is 4.31 Å². The number of nitrogens with zero attached hydrogens (tertiary/aromatic N) is 1. The first kappa shape index (κ1) is 21.4. The first-order chi connectivity index (χ1) is 14.2. The number of thiophene rings is 1. The fourth-order valence-electron chi connectivity index (χ4n) is 2.61. The number of amides is 2. The molecule has 0 spiro atoms. The van der Waals surface area contributed by atoms with E-state index in [1.807, 2.05) is 0 Å². The minimum Gasteiger partial charge on any atom is -0.346 e. The fraction of sp³-hybridized carbons (Fsp3) is 0.176. The van der Waals surface area contributed by atoms with E-state index in [4.69, 9.17) is 0 Å². The normalized spacial score (nSPS) is 11.5. The van der Waals surface area contributed by atoms with E-state index in [9.17, 15) is 27.6 Å². The number of nitrogens with one attached hydrogen (secondary N) is 4. The van der Waals surface area contributed by atoms with E-state index < -0.39 is 46.0 Å². The van der Waals surface area contributed by atoms with Gasteiger partial charge >= 0.3 is 0 Å². The highest BCUT2D eigenvalue weighted by molar-refractivity contribution is 7.91. The smallest absolute Gasteiger partial charge is 0.272 e. The van der Waals surface area contributed by atoms with Gasteiger partial charge in [0.25, 0.3) is 21.1 Å². The second-order valence-corrected chi connectivity index (χ2v) is 9.37. The van der Waals surface area contributed by atoms with Gasteiger partial charge in [-0.05, 0) is 23.6 Å². The molecular formula is C17H17N5O6S2. The number of benzene rings is 1. The van der Waals surface area contributed by atoms with Crippen LogP contribution in [0.15, 0.2) is 49.5 Å². The van der Waals surface area contributed by atoms with Crippen LogP contribution in [0.1, 0.15) is 0 Å². The number of hydrogen-bond donors (Lipinski definition) is 4. The summed E-state index contributed by atoms with van der Waals surface area (Å²) in [6.45, 7) is -0.931. The Hall–Kier alpha value is -3.29. The molecule has 0 aliphatic rings. The van der Waals surface area contributed by atoms with E-state index in [1.54, 1.807) is 11.4 Å². The highest BCUT2D eigenvalue weighted by Gasteiger charge is 2.24. The zero-order valence-corrected chi connectivity index (χ0v) is 17.2. The summed E-state index contributed by atoms with van der Waals surface area (Å²) in [4.78, 5) is 48.0. The van der Waals surface area contributed by atoms with Crippen LogP contribution in [0.2, 0.25) is 0 Å². The quantitative estimate of drug-likeness (QED) is 0.384. The van der Waals surface area contributed by atoms with E-state index in [1.165, 1.54) is 31.3 Å². The van der Waals surface area contributed by atoms with Crippen LogP contribution in [0.25, 0.3) is 10.8 Å². The molecule has 2 amide bonds. The molecule has 2 heterocycles. The van der Waals surface area contributed by atoms with E-state index in [-0.39, 0.29) is 20.7 Å². The summed E-state index contributed by atoms with van der Waals surface area (Å²) >= 11 is 1.03. The van der Waals surface area contributed by atoms with Crippen LogP contribution in [0.4, 0.5) is 5.69 Å². The van der Waals surface area contributed by atoms with E-state index in [0.717, 1.165) is 15.6 Å². The topological polar surface area (TPSA) is 161 Å². The minimum absolute atomic E-state index is 0.00250. The second-order valence-electron chi connectivity index (χ2n) is 6.15. The van der Waals surface area contributed by atoms with Gasteiger partial charge in [-0.15, -0.1) is 11.3 Å². The summed E-state index contributed by atoms with van der Waals surface area (Å²) < 4.78 is 25.6. The number of carbonyl (C=O) groups is 2. The number of fused-ring (bicyclic) bond motifs is 1. The summed E-state index contributed by atoms with van der Waals surface area (Å²) in [7, 11) is -2.53. The molecule has 30 heavy (non-hydrogen) atoms. The van der Waals surface area contributed by atoms with Gasteiger partial charge < -0.3 is 10.6 Å². The summed E-state index contributed by atoms with van der Waals surface area (Å²) in [5.74, 6) is -1.33. The highest BCUT2D eigenvalue weighted by Crippen LogP contribution is 2.19. The molecule has 0 bridgehead atoms. The van der Waals surface area contributed by atoms with Crippen molar-refractivity contribution < 1.29 is 18.0 Å². The minimum atomic E-state index is -3.79. The van der Waals surface area contributed by atoms with Crippen molar-refractivity contribution in [1.29, 1.82) is 0 Å². The standard InChI is InChI=1S/C17H17N5O6S2/c1-22(30(27,28)14-6-3-7-29-14)9-13(24)18-8-12(23)19-11-5-2-4-10-15(11)17(26)21-20-16(10)25/h2-7H,8-9H2,1H3,(H,18,24)(H,19,23)(H,20,25)(H,21,26). The van der Waals surface area contributed by atoms with Gasteiger partial charge in [0.05, 0.1) is 29.5 Å². The number of rotatable bonds is 7. The number of H-pyrrole nitrogens is 2. The van der Waals surface area contributed by atoms with Crippen LogP contribution < -0.4 is 21.8 Å². The number of aromatic amines is 2. The Bertz CT molecular complexity index is 1310. The van der Waals surface area contributed by atoms with Crippen molar-refractivity contribution in [3.05, 3.63) is 56.4 Å². The molecule has 0 aliphatic carbocycles. The molecule has 0 saturated heterocycles. The van der Waals surface area contributed by atoms with Gasteiger partial charge in [0.2, 0.25) is 11.8 Å². The monoisotopic (exact) mass is 451 g/mol. The lowest BCUT2D eigenvalue weighted by molar-refractivity contribution is -0.124. The fourth-order valence-corrected chi connectivity index (χ4v) is 4.94. The van der Waals surface area contributed by atoms with E-state index >= 15 is 0 Å². The maximum Gasteiger partial charge on any atom is 0.272 e. The van der Waals surface area contributed by atoms with Crippen molar-refractivity contribution >= 4 is 49.6 Å². The lowest BCUT2D eigenvalue weighted by Gasteiger charge is -2.15. The lowest BCUT2D eigenvalue weighted by atomic mass is 10.1. The van der Waals surface area contributed by atoms with Gasteiger partial charge in [-0.25, -0.2) is 8.42 Å². The molecule has 0 atom stereocenters. The molecule has 0 unspecified atom stereocenters. The number of carbonyl (C=O) groups excluding carboxylic acids is 2. The Morgan fingerprint density at radius 1 is 1.07 bits per heavy atom. The molecule has 0 saturated carbocycles. The van der Waals surface area contributed by atoms with Crippen molar-refractivity contribution in [3.63, 3.8) is 0 Å². The maximum absolute atomic E-state index is 12.3. The summed E-state index contributed by atoms with van der Waals surface area (Å²) in [6, 6.07) is 7.39. The molecule has 11 nitrogen and oxygen atoms in total. The Labute approximate surface area is 173 Å². The molecule has 0 aliphatic heterocycles. The molecule has 158 valence electrons. The number of likely N-dealkylation sites (N-methyl/N-ethyl adjacent to an activating group) is 1. The molecule has 3 aromatic rings. The Morgan fingerprint density at radius 3 is 2.50 bits per heavy atom. The van der Waals surface area contributed by atoms with E-state index in [2.05, 4.69) is 20.8 Å². The van der Waals surface area contributed by atoms with Crippen LogP contribution >= 0.6 is 11.3 Å².